The number of benzene rings is 2. The summed E-state index contributed by atoms with van der Waals surface area (Å²) in [6, 6.07) is 13.8. The largest absolute Gasteiger partial charge is 0.338 e. The van der Waals surface area contributed by atoms with E-state index in [0.717, 1.165) is 5.52 Å². The summed E-state index contributed by atoms with van der Waals surface area (Å²) in [6.07, 6.45) is 0. The number of nitrogens with one attached hydrogen (secondary N) is 1. The average molecular weight is 237 g/mol. The highest BCUT2D eigenvalue weighted by atomic mass is 19.1. The van der Waals surface area contributed by atoms with Gasteiger partial charge in [-0.3, -0.25) is 0 Å². The molecular formula is C14H8FN3. The number of halogens is 1. The molecule has 18 heavy (non-hydrogen) atoms. The van der Waals surface area contributed by atoms with Crippen LogP contribution >= 0.6 is 0 Å². The van der Waals surface area contributed by atoms with E-state index in [1.165, 1.54) is 6.07 Å². The van der Waals surface area contributed by atoms with Crippen LogP contribution in [0.15, 0.2) is 42.5 Å². The fraction of sp³-hybridized carbons (Fsp3) is 0. The molecule has 86 valence electrons. The van der Waals surface area contributed by atoms with Gasteiger partial charge in [0, 0.05) is 0 Å². The maximum Gasteiger partial charge on any atom is 0.141 e. The highest BCUT2D eigenvalue weighted by molar-refractivity contribution is 5.84. The Morgan fingerprint density at radius 2 is 1.94 bits per heavy atom. The Labute approximate surface area is 103 Å². The molecule has 0 radical (unpaired) electrons. The summed E-state index contributed by atoms with van der Waals surface area (Å²) >= 11 is 0. The number of hydrogen-bond acceptors (Lipinski definition) is 2. The number of hydrogen-bond donors (Lipinski definition) is 1. The van der Waals surface area contributed by atoms with Crippen LogP contribution in [0.5, 0.6) is 0 Å². The van der Waals surface area contributed by atoms with Crippen LogP contribution in [0.25, 0.3) is 22.4 Å². The molecule has 0 aliphatic heterocycles. The zero-order valence-corrected chi connectivity index (χ0v) is 9.31. The van der Waals surface area contributed by atoms with Crippen molar-refractivity contribution in [2.75, 3.05) is 0 Å². The molecule has 4 heteroatoms. The Morgan fingerprint density at radius 3 is 2.72 bits per heavy atom. The van der Waals surface area contributed by atoms with Crippen molar-refractivity contribution >= 4 is 11.0 Å². The molecule has 1 heterocycles. The average Bonchev–Trinajstić information content (AvgIpc) is 2.82. The van der Waals surface area contributed by atoms with Crippen molar-refractivity contribution in [1.82, 2.24) is 9.97 Å². The third-order valence-corrected chi connectivity index (χ3v) is 2.76. The van der Waals surface area contributed by atoms with Crippen LogP contribution in [0.3, 0.4) is 0 Å². The number of nitriles is 1. The van der Waals surface area contributed by atoms with Crippen molar-refractivity contribution in [3.8, 4) is 17.5 Å². The number of nitrogens with zero attached hydrogens (tertiary/aromatic N) is 2. The number of imidazole rings is 1. The van der Waals surface area contributed by atoms with Gasteiger partial charge < -0.3 is 4.98 Å². The first-order valence-electron chi connectivity index (χ1n) is 5.43. The molecule has 1 N–H and O–H groups in total. The quantitative estimate of drug-likeness (QED) is 0.706. The number of fused-ring (bicyclic) bond motifs is 1. The molecule has 3 aromatic rings. The monoisotopic (exact) mass is 237 g/mol. The van der Waals surface area contributed by atoms with Crippen LogP contribution < -0.4 is 0 Å². The van der Waals surface area contributed by atoms with Gasteiger partial charge >= 0.3 is 0 Å². The molecular weight excluding hydrogens is 229 g/mol. The Bertz CT molecular complexity index is 768. The van der Waals surface area contributed by atoms with E-state index < -0.39 is 0 Å². The molecule has 0 saturated carbocycles. The van der Waals surface area contributed by atoms with Crippen LogP contribution in [0.2, 0.25) is 0 Å². The summed E-state index contributed by atoms with van der Waals surface area (Å²) in [6.45, 7) is 0. The van der Waals surface area contributed by atoms with Gasteiger partial charge in [-0.1, -0.05) is 18.2 Å². The van der Waals surface area contributed by atoms with E-state index in [-0.39, 0.29) is 5.82 Å². The molecule has 0 amide bonds. The number of rotatable bonds is 1. The van der Waals surface area contributed by atoms with Crippen LogP contribution in [-0.2, 0) is 0 Å². The standard InChI is InChI=1S/C14H8FN3/c15-11-6-2-1-5-10(11)14-17-12-7-3-4-9(8-16)13(12)18-14/h1-7H,(H,17,18). The van der Waals surface area contributed by atoms with Crippen LogP contribution in [0.1, 0.15) is 5.56 Å². The van der Waals surface area contributed by atoms with Gasteiger partial charge in [-0.15, -0.1) is 0 Å². The highest BCUT2D eigenvalue weighted by Crippen LogP contribution is 2.24. The summed E-state index contributed by atoms with van der Waals surface area (Å²) in [5, 5.41) is 8.99. The molecule has 0 fully saturated rings. The zero-order chi connectivity index (χ0) is 12.5. The highest BCUT2D eigenvalue weighted by Gasteiger charge is 2.11. The van der Waals surface area contributed by atoms with E-state index in [0.29, 0.717) is 22.5 Å². The smallest absolute Gasteiger partial charge is 0.141 e. The second-order valence-corrected chi connectivity index (χ2v) is 3.88. The van der Waals surface area contributed by atoms with Crippen molar-refractivity contribution in [2.24, 2.45) is 0 Å². The summed E-state index contributed by atoms with van der Waals surface area (Å²) in [7, 11) is 0. The first kappa shape index (κ1) is 10.5. The molecule has 3 nitrogen and oxygen atoms in total. The number of aromatic nitrogens is 2. The topological polar surface area (TPSA) is 52.5 Å². The molecule has 0 unspecified atom stereocenters. The van der Waals surface area contributed by atoms with Crippen molar-refractivity contribution in [3.05, 3.63) is 53.8 Å². The van der Waals surface area contributed by atoms with E-state index in [1.807, 2.05) is 6.07 Å². The summed E-state index contributed by atoms with van der Waals surface area (Å²) < 4.78 is 13.7. The lowest BCUT2D eigenvalue weighted by molar-refractivity contribution is 0.630. The Hall–Kier alpha value is -2.67. The molecule has 0 aliphatic rings. The summed E-state index contributed by atoms with van der Waals surface area (Å²) in [4.78, 5) is 7.32. The van der Waals surface area contributed by atoms with Crippen molar-refractivity contribution in [2.45, 2.75) is 0 Å². The number of H-pyrrole nitrogens is 1. The van der Waals surface area contributed by atoms with Gasteiger partial charge in [0.15, 0.2) is 0 Å². The molecule has 0 bridgehead atoms. The Balaban J connectivity index is 2.27. The third-order valence-electron chi connectivity index (χ3n) is 2.76. The van der Waals surface area contributed by atoms with E-state index in [2.05, 4.69) is 16.0 Å². The minimum atomic E-state index is -0.338. The Kier molecular flexibility index (Phi) is 2.31. The molecule has 0 spiro atoms. The number of aromatic amines is 1. The lowest BCUT2D eigenvalue weighted by Crippen LogP contribution is -1.85. The summed E-state index contributed by atoms with van der Waals surface area (Å²) in [5.41, 5.74) is 2.18. The normalized spacial score (nSPS) is 10.4. The van der Waals surface area contributed by atoms with Crippen molar-refractivity contribution in [3.63, 3.8) is 0 Å². The number of para-hydroxylation sites is 1. The fourth-order valence-corrected chi connectivity index (χ4v) is 1.90. The molecule has 0 aliphatic carbocycles. The molecule has 0 atom stereocenters. The predicted molar refractivity (Wildman–Crippen MR) is 66.2 cm³/mol. The molecule has 1 aromatic heterocycles. The van der Waals surface area contributed by atoms with E-state index in [4.69, 9.17) is 5.26 Å². The van der Waals surface area contributed by atoms with Gasteiger partial charge in [0.2, 0.25) is 0 Å². The molecule has 0 saturated heterocycles. The molecule has 3 rings (SSSR count). The van der Waals surface area contributed by atoms with Gasteiger partial charge in [0.25, 0.3) is 0 Å². The third kappa shape index (κ3) is 1.54. The second-order valence-electron chi connectivity index (χ2n) is 3.88. The van der Waals surface area contributed by atoms with Gasteiger partial charge in [-0.05, 0) is 24.3 Å². The van der Waals surface area contributed by atoms with E-state index >= 15 is 0 Å². The maximum atomic E-state index is 13.7. The SMILES string of the molecule is N#Cc1cccc2[nH]c(-c3ccccc3F)nc12. The lowest BCUT2D eigenvalue weighted by atomic mass is 10.2. The van der Waals surface area contributed by atoms with E-state index in [9.17, 15) is 4.39 Å². The maximum absolute atomic E-state index is 13.7. The zero-order valence-electron chi connectivity index (χ0n) is 9.31. The summed E-state index contributed by atoms with van der Waals surface area (Å²) in [5.74, 6) is 0.0980. The first-order chi connectivity index (χ1) is 8.79. The minimum absolute atomic E-state index is 0.338. The van der Waals surface area contributed by atoms with Crippen LogP contribution in [0.4, 0.5) is 4.39 Å². The fourth-order valence-electron chi connectivity index (χ4n) is 1.90. The minimum Gasteiger partial charge on any atom is -0.338 e. The van der Waals surface area contributed by atoms with Gasteiger partial charge in [-0.25, -0.2) is 9.37 Å². The van der Waals surface area contributed by atoms with Crippen LogP contribution in [-0.4, -0.2) is 9.97 Å². The van der Waals surface area contributed by atoms with Crippen molar-refractivity contribution < 1.29 is 4.39 Å². The van der Waals surface area contributed by atoms with Gasteiger partial charge in [-0.2, -0.15) is 5.26 Å². The second kappa shape index (κ2) is 3.97. The molecule has 2 aromatic carbocycles. The van der Waals surface area contributed by atoms with Gasteiger partial charge in [0.1, 0.15) is 23.2 Å². The van der Waals surface area contributed by atoms with E-state index in [1.54, 1.807) is 30.3 Å². The first-order valence-corrected chi connectivity index (χ1v) is 5.43. The Morgan fingerprint density at radius 1 is 1.11 bits per heavy atom. The lowest BCUT2D eigenvalue weighted by Gasteiger charge is -1.96. The van der Waals surface area contributed by atoms with Crippen molar-refractivity contribution in [1.29, 1.82) is 5.26 Å². The van der Waals surface area contributed by atoms with Crippen LogP contribution in [0, 0.1) is 17.1 Å². The van der Waals surface area contributed by atoms with Gasteiger partial charge in [0.05, 0.1) is 16.6 Å². The predicted octanol–water partition coefficient (Wildman–Crippen LogP) is 3.24.